The first-order chi connectivity index (χ1) is 26.9. The SMILES string of the molecule is Cc1ccc(-c2nc3c(Br)cc4c(cc(Br)c5nc(-c6ccc(C(F)(F)F)cc6)c(-c6ccc(C(F)(F)F)cc6)nc54)c3nc2-c2ccc(C(F)(F)F)cc2)cc1. The van der Waals surface area contributed by atoms with Gasteiger partial charge in [-0.3, -0.25) is 0 Å². The minimum Gasteiger partial charge on any atom is -0.243 e. The van der Waals surface area contributed by atoms with Crippen LogP contribution in [0.15, 0.2) is 118 Å². The Morgan fingerprint density at radius 3 is 0.877 bits per heavy atom. The van der Waals surface area contributed by atoms with Crippen molar-refractivity contribution in [3.05, 3.63) is 140 Å². The topological polar surface area (TPSA) is 51.6 Å². The zero-order valence-corrected chi connectivity index (χ0v) is 32.0. The fourth-order valence-corrected chi connectivity index (χ4v) is 7.50. The number of aryl methyl sites for hydroxylation is 1. The quantitative estimate of drug-likeness (QED) is 0.130. The largest absolute Gasteiger partial charge is 0.416 e. The van der Waals surface area contributed by atoms with Gasteiger partial charge in [-0.25, -0.2) is 19.9 Å². The first kappa shape index (κ1) is 38.5. The van der Waals surface area contributed by atoms with Crippen LogP contribution < -0.4 is 0 Å². The maximum absolute atomic E-state index is 13.5. The first-order valence-corrected chi connectivity index (χ1v) is 18.4. The second-order valence-electron chi connectivity index (χ2n) is 13.1. The van der Waals surface area contributed by atoms with Gasteiger partial charge in [0.2, 0.25) is 0 Å². The van der Waals surface area contributed by atoms with Crippen LogP contribution in [0.3, 0.4) is 0 Å². The van der Waals surface area contributed by atoms with Gasteiger partial charge in [-0.2, -0.15) is 39.5 Å². The number of fused-ring (bicyclic) bond motifs is 5. The molecule has 0 atom stereocenters. The van der Waals surface area contributed by atoms with Gasteiger partial charge in [0.25, 0.3) is 0 Å². The lowest BCUT2D eigenvalue weighted by molar-refractivity contribution is -0.138. The molecule has 0 radical (unpaired) electrons. The third-order valence-corrected chi connectivity index (χ3v) is 10.6. The Morgan fingerprint density at radius 2 is 0.614 bits per heavy atom. The van der Waals surface area contributed by atoms with E-state index in [-0.39, 0.29) is 33.5 Å². The van der Waals surface area contributed by atoms with Crippen LogP contribution in [0.4, 0.5) is 39.5 Å². The number of nitrogens with zero attached hydrogens (tertiary/aromatic N) is 4. The second-order valence-corrected chi connectivity index (χ2v) is 14.8. The van der Waals surface area contributed by atoms with Crippen molar-refractivity contribution < 1.29 is 39.5 Å². The number of hydrogen-bond acceptors (Lipinski definition) is 4. The zero-order valence-electron chi connectivity index (χ0n) is 28.8. The predicted molar refractivity (Wildman–Crippen MR) is 207 cm³/mol. The average molecular weight is 912 g/mol. The van der Waals surface area contributed by atoms with Gasteiger partial charge in [0.15, 0.2) is 0 Å². The van der Waals surface area contributed by atoms with Gasteiger partial charge < -0.3 is 0 Å². The molecular weight excluding hydrogens is 891 g/mol. The molecule has 0 aliphatic rings. The van der Waals surface area contributed by atoms with Crippen LogP contribution in [-0.2, 0) is 18.5 Å². The lowest BCUT2D eigenvalue weighted by Gasteiger charge is -2.17. The summed E-state index contributed by atoms with van der Waals surface area (Å²) < 4.78 is 123. The van der Waals surface area contributed by atoms with Gasteiger partial charge in [0.1, 0.15) is 11.0 Å². The predicted octanol–water partition coefficient (Wildman–Crippen LogP) is 14.3. The van der Waals surface area contributed by atoms with E-state index in [2.05, 4.69) is 31.9 Å². The normalized spacial score (nSPS) is 12.6. The van der Waals surface area contributed by atoms with Crippen molar-refractivity contribution in [2.24, 2.45) is 0 Å². The number of aromatic nitrogens is 4. The summed E-state index contributed by atoms with van der Waals surface area (Å²) in [6.07, 6.45) is -13.8. The molecule has 0 aliphatic heterocycles. The summed E-state index contributed by atoms with van der Waals surface area (Å²) >= 11 is 7.21. The van der Waals surface area contributed by atoms with Crippen molar-refractivity contribution in [3.8, 4) is 45.0 Å². The minimum atomic E-state index is -4.63. The summed E-state index contributed by atoms with van der Waals surface area (Å²) in [5, 5.41) is 0.974. The van der Waals surface area contributed by atoms with Gasteiger partial charge in [-0.15, -0.1) is 0 Å². The summed E-state index contributed by atoms with van der Waals surface area (Å²) in [4.78, 5) is 19.8. The number of alkyl halides is 9. The molecular formula is C42H21Br2F9N4. The highest BCUT2D eigenvalue weighted by Crippen LogP contribution is 2.43. The molecule has 286 valence electrons. The fraction of sp³-hybridized carbons (Fsp3) is 0.0952. The molecule has 0 fully saturated rings. The highest BCUT2D eigenvalue weighted by molar-refractivity contribution is 9.11. The van der Waals surface area contributed by atoms with E-state index in [1.54, 1.807) is 12.1 Å². The molecule has 0 saturated carbocycles. The summed E-state index contributed by atoms with van der Waals surface area (Å²) in [7, 11) is 0. The van der Waals surface area contributed by atoms with Crippen LogP contribution in [0, 0.1) is 6.92 Å². The van der Waals surface area contributed by atoms with Gasteiger partial charge in [0.05, 0.1) is 50.5 Å². The van der Waals surface area contributed by atoms with Gasteiger partial charge in [-0.05, 0) is 87.3 Å². The minimum absolute atomic E-state index is 0.0952. The van der Waals surface area contributed by atoms with E-state index in [0.717, 1.165) is 42.0 Å². The van der Waals surface area contributed by atoms with Crippen LogP contribution in [0.25, 0.3) is 77.9 Å². The van der Waals surface area contributed by atoms with Crippen LogP contribution in [-0.4, -0.2) is 19.9 Å². The van der Waals surface area contributed by atoms with Crippen molar-refractivity contribution in [2.45, 2.75) is 25.5 Å². The van der Waals surface area contributed by atoms with E-state index >= 15 is 0 Å². The third kappa shape index (κ3) is 7.22. The van der Waals surface area contributed by atoms with Gasteiger partial charge >= 0.3 is 18.5 Å². The van der Waals surface area contributed by atoms with Crippen LogP contribution in [0.2, 0.25) is 0 Å². The van der Waals surface area contributed by atoms with E-state index in [4.69, 9.17) is 19.9 Å². The summed E-state index contributed by atoms with van der Waals surface area (Å²) in [6, 6.07) is 23.9. The monoisotopic (exact) mass is 910 g/mol. The molecule has 0 unspecified atom stereocenters. The van der Waals surface area contributed by atoms with Crippen molar-refractivity contribution in [1.29, 1.82) is 0 Å². The smallest absolute Gasteiger partial charge is 0.243 e. The maximum atomic E-state index is 13.5. The Labute approximate surface area is 333 Å². The average Bonchev–Trinajstić information content (AvgIpc) is 3.17. The molecule has 57 heavy (non-hydrogen) atoms. The van der Waals surface area contributed by atoms with E-state index in [1.807, 2.05) is 31.2 Å². The summed E-state index contributed by atoms with van der Waals surface area (Å²) in [5.41, 5.74) is 2.04. The van der Waals surface area contributed by atoms with Crippen LogP contribution >= 0.6 is 31.9 Å². The lowest BCUT2D eigenvalue weighted by atomic mass is 9.99. The molecule has 0 aliphatic carbocycles. The maximum Gasteiger partial charge on any atom is 0.416 e. The van der Waals surface area contributed by atoms with E-state index in [1.165, 1.54) is 36.4 Å². The molecule has 0 amide bonds. The van der Waals surface area contributed by atoms with Crippen LogP contribution in [0.5, 0.6) is 0 Å². The van der Waals surface area contributed by atoms with Crippen molar-refractivity contribution in [1.82, 2.24) is 19.9 Å². The molecule has 0 N–H and O–H groups in total. The Hall–Kier alpha value is -5.41. The Balaban J connectivity index is 1.41. The number of rotatable bonds is 4. The fourth-order valence-electron chi connectivity index (χ4n) is 6.48. The molecule has 0 spiro atoms. The number of hydrogen-bond donors (Lipinski definition) is 0. The Kier molecular flexibility index (Phi) is 9.38. The van der Waals surface area contributed by atoms with Crippen LogP contribution in [0.1, 0.15) is 22.3 Å². The van der Waals surface area contributed by atoms with E-state index < -0.39 is 35.2 Å². The standard InChI is InChI=1S/C42H21Br2F9N4/c1-20-2-4-21(5-3-20)34-32(22-6-12-25(13-7-22)40(45,46)47)54-36-28-19-31(44)39-37(29(28)18-30(43)38(36)56-34)55-33(23-8-14-26(15-9-23)41(48,49)50)35(57-39)24-10-16-27(17-11-24)42(51,52)53/h2-19H,1H3. The van der Waals surface area contributed by atoms with Gasteiger partial charge in [-0.1, -0.05) is 66.2 Å². The molecule has 0 bridgehead atoms. The Bertz CT molecular complexity index is 2860. The summed E-state index contributed by atoms with van der Waals surface area (Å²) in [6.45, 7) is 1.91. The summed E-state index contributed by atoms with van der Waals surface area (Å²) in [5.74, 6) is 0. The van der Waals surface area contributed by atoms with E-state index in [9.17, 15) is 39.5 Å². The first-order valence-electron chi connectivity index (χ1n) is 16.8. The molecule has 8 aromatic rings. The highest BCUT2D eigenvalue weighted by Gasteiger charge is 2.32. The van der Waals surface area contributed by atoms with Crippen molar-refractivity contribution in [2.75, 3.05) is 0 Å². The highest BCUT2D eigenvalue weighted by atomic mass is 79.9. The lowest BCUT2D eigenvalue weighted by Crippen LogP contribution is -2.05. The molecule has 2 heterocycles. The Morgan fingerprint density at radius 1 is 0.368 bits per heavy atom. The molecule has 15 heteroatoms. The third-order valence-electron chi connectivity index (χ3n) is 9.37. The molecule has 0 saturated heterocycles. The van der Waals surface area contributed by atoms with E-state index in [0.29, 0.717) is 53.3 Å². The zero-order chi connectivity index (χ0) is 40.6. The molecule has 6 aromatic carbocycles. The molecule has 4 nitrogen and oxygen atoms in total. The molecule has 8 rings (SSSR count). The number of benzene rings is 6. The molecule has 2 aromatic heterocycles. The second kappa shape index (κ2) is 13.9. The van der Waals surface area contributed by atoms with Gasteiger partial charge in [0, 0.05) is 42.0 Å². The number of halogens is 11. The van der Waals surface area contributed by atoms with Crippen molar-refractivity contribution in [3.63, 3.8) is 0 Å². The van der Waals surface area contributed by atoms with Crippen molar-refractivity contribution >= 4 is 64.7 Å².